The van der Waals surface area contributed by atoms with Gasteiger partial charge in [0.2, 0.25) is 5.91 Å². The normalized spacial score (nSPS) is 15.7. The number of likely N-dealkylation sites (tertiary alicyclic amines) is 1. The van der Waals surface area contributed by atoms with Crippen molar-refractivity contribution in [1.29, 1.82) is 0 Å². The Labute approximate surface area is 134 Å². The van der Waals surface area contributed by atoms with E-state index in [2.05, 4.69) is 4.98 Å². The highest BCUT2D eigenvalue weighted by Crippen LogP contribution is 2.29. The predicted molar refractivity (Wildman–Crippen MR) is 87.2 cm³/mol. The Balaban J connectivity index is 1.40. The van der Waals surface area contributed by atoms with E-state index in [-0.39, 0.29) is 5.91 Å². The average Bonchev–Trinajstić information content (AvgIpc) is 3.10. The summed E-state index contributed by atoms with van der Waals surface area (Å²) in [7, 11) is 0. The zero-order valence-corrected chi connectivity index (χ0v) is 13.3. The SMILES string of the molecule is O=C(CCOc1ccccc1)N1CCC(c2nccs2)CC1. The molecule has 0 unspecified atom stereocenters. The fourth-order valence-corrected chi connectivity index (χ4v) is 3.55. The molecule has 1 aliphatic rings. The Kier molecular flexibility index (Phi) is 5.06. The van der Waals surface area contributed by atoms with E-state index >= 15 is 0 Å². The Morgan fingerprint density at radius 3 is 2.73 bits per heavy atom. The molecule has 0 atom stereocenters. The van der Waals surface area contributed by atoms with Crippen molar-refractivity contribution >= 4 is 17.2 Å². The van der Waals surface area contributed by atoms with Crippen molar-refractivity contribution < 1.29 is 9.53 Å². The zero-order chi connectivity index (χ0) is 15.2. The van der Waals surface area contributed by atoms with Crippen LogP contribution in [0.3, 0.4) is 0 Å². The van der Waals surface area contributed by atoms with E-state index in [9.17, 15) is 4.79 Å². The largest absolute Gasteiger partial charge is 0.493 e. The van der Waals surface area contributed by atoms with Crippen molar-refractivity contribution in [1.82, 2.24) is 9.88 Å². The molecule has 4 nitrogen and oxygen atoms in total. The molecule has 1 saturated heterocycles. The van der Waals surface area contributed by atoms with Crippen LogP contribution >= 0.6 is 11.3 Å². The summed E-state index contributed by atoms with van der Waals surface area (Å²) in [6, 6.07) is 9.62. The number of piperidine rings is 1. The van der Waals surface area contributed by atoms with Gasteiger partial charge in [0, 0.05) is 30.6 Å². The van der Waals surface area contributed by atoms with E-state index < -0.39 is 0 Å². The number of hydrogen-bond acceptors (Lipinski definition) is 4. The molecule has 1 amide bonds. The predicted octanol–water partition coefficient (Wildman–Crippen LogP) is 3.32. The van der Waals surface area contributed by atoms with Crippen LogP contribution in [0.5, 0.6) is 5.75 Å². The maximum atomic E-state index is 12.2. The fourth-order valence-electron chi connectivity index (χ4n) is 2.74. The van der Waals surface area contributed by atoms with Crippen molar-refractivity contribution in [3.05, 3.63) is 46.9 Å². The second kappa shape index (κ2) is 7.40. The summed E-state index contributed by atoms with van der Waals surface area (Å²) in [5.41, 5.74) is 0. The van der Waals surface area contributed by atoms with Crippen LogP contribution in [0.1, 0.15) is 30.2 Å². The van der Waals surface area contributed by atoms with Crippen LogP contribution in [-0.2, 0) is 4.79 Å². The molecule has 2 aromatic rings. The van der Waals surface area contributed by atoms with Crippen LogP contribution < -0.4 is 4.74 Å². The van der Waals surface area contributed by atoms with Gasteiger partial charge < -0.3 is 9.64 Å². The minimum Gasteiger partial charge on any atom is -0.493 e. The Morgan fingerprint density at radius 1 is 1.27 bits per heavy atom. The van der Waals surface area contributed by atoms with E-state index in [0.29, 0.717) is 18.9 Å². The highest BCUT2D eigenvalue weighted by atomic mass is 32.1. The van der Waals surface area contributed by atoms with E-state index in [1.54, 1.807) is 11.3 Å². The average molecular weight is 316 g/mol. The molecule has 0 aliphatic carbocycles. The van der Waals surface area contributed by atoms with Crippen LogP contribution in [0.15, 0.2) is 41.9 Å². The van der Waals surface area contributed by atoms with Crippen molar-refractivity contribution in [3.63, 3.8) is 0 Å². The van der Waals surface area contributed by atoms with Gasteiger partial charge in [-0.15, -0.1) is 11.3 Å². The van der Waals surface area contributed by atoms with Crippen LogP contribution in [0, 0.1) is 0 Å². The molecule has 1 fully saturated rings. The third-order valence-corrected chi connectivity index (χ3v) is 4.91. The Hall–Kier alpha value is -1.88. The van der Waals surface area contributed by atoms with Gasteiger partial charge >= 0.3 is 0 Å². The van der Waals surface area contributed by atoms with Gasteiger partial charge in [0.05, 0.1) is 18.0 Å². The summed E-state index contributed by atoms with van der Waals surface area (Å²) in [5, 5.41) is 3.23. The smallest absolute Gasteiger partial charge is 0.225 e. The van der Waals surface area contributed by atoms with Crippen molar-refractivity contribution in [3.8, 4) is 5.75 Å². The second-order valence-electron chi connectivity index (χ2n) is 5.44. The van der Waals surface area contributed by atoms with Crippen molar-refractivity contribution in [2.75, 3.05) is 19.7 Å². The molecule has 0 N–H and O–H groups in total. The number of amides is 1. The number of hydrogen-bond donors (Lipinski definition) is 0. The molecular formula is C17H20N2O2S. The van der Waals surface area contributed by atoms with Gasteiger partial charge in [0.15, 0.2) is 0 Å². The fraction of sp³-hybridized carbons (Fsp3) is 0.412. The topological polar surface area (TPSA) is 42.4 Å². The number of rotatable bonds is 5. The number of benzene rings is 1. The Morgan fingerprint density at radius 2 is 2.05 bits per heavy atom. The number of para-hydroxylation sites is 1. The second-order valence-corrected chi connectivity index (χ2v) is 6.36. The Bertz CT molecular complexity index is 578. The lowest BCUT2D eigenvalue weighted by Crippen LogP contribution is -2.38. The van der Waals surface area contributed by atoms with Crippen LogP contribution in [0.25, 0.3) is 0 Å². The van der Waals surface area contributed by atoms with Gasteiger partial charge in [0.1, 0.15) is 5.75 Å². The third-order valence-electron chi connectivity index (χ3n) is 3.98. The minimum atomic E-state index is 0.188. The van der Waals surface area contributed by atoms with Crippen LogP contribution in [0.2, 0.25) is 0 Å². The standard InChI is InChI=1S/C17H20N2O2S/c20-16(8-12-21-15-4-2-1-3-5-15)19-10-6-14(7-11-19)17-18-9-13-22-17/h1-5,9,13-14H,6-8,10-12H2. The van der Waals surface area contributed by atoms with E-state index in [4.69, 9.17) is 4.74 Å². The lowest BCUT2D eigenvalue weighted by molar-refractivity contribution is -0.132. The number of carbonyl (C=O) groups excluding carboxylic acids is 1. The van der Waals surface area contributed by atoms with Crippen molar-refractivity contribution in [2.24, 2.45) is 0 Å². The first-order chi connectivity index (χ1) is 10.8. The lowest BCUT2D eigenvalue weighted by atomic mass is 9.97. The summed E-state index contributed by atoms with van der Waals surface area (Å²) in [4.78, 5) is 18.6. The van der Waals surface area contributed by atoms with Gasteiger partial charge in [-0.2, -0.15) is 0 Å². The molecule has 2 heterocycles. The quantitative estimate of drug-likeness (QED) is 0.850. The maximum Gasteiger partial charge on any atom is 0.225 e. The molecule has 0 spiro atoms. The summed E-state index contributed by atoms with van der Waals surface area (Å²) < 4.78 is 5.59. The first-order valence-corrected chi connectivity index (χ1v) is 8.56. The third kappa shape index (κ3) is 3.85. The van der Waals surface area contributed by atoms with Gasteiger partial charge in [-0.3, -0.25) is 4.79 Å². The maximum absolute atomic E-state index is 12.2. The molecule has 1 aliphatic heterocycles. The summed E-state index contributed by atoms with van der Waals surface area (Å²) in [6.07, 6.45) is 4.33. The number of carbonyl (C=O) groups is 1. The van der Waals surface area contributed by atoms with Gasteiger partial charge in [-0.25, -0.2) is 4.98 Å². The molecule has 0 saturated carbocycles. The molecule has 22 heavy (non-hydrogen) atoms. The van der Waals surface area contributed by atoms with E-state index in [1.807, 2.05) is 46.8 Å². The van der Waals surface area contributed by atoms with Crippen molar-refractivity contribution in [2.45, 2.75) is 25.2 Å². The minimum absolute atomic E-state index is 0.188. The van der Waals surface area contributed by atoms with Gasteiger partial charge in [-0.05, 0) is 25.0 Å². The zero-order valence-electron chi connectivity index (χ0n) is 12.5. The summed E-state index contributed by atoms with van der Waals surface area (Å²) in [6.45, 7) is 2.10. The van der Waals surface area contributed by atoms with Gasteiger partial charge in [-0.1, -0.05) is 18.2 Å². The molecule has 0 bridgehead atoms. The molecule has 116 valence electrons. The number of aromatic nitrogens is 1. The highest BCUT2D eigenvalue weighted by molar-refractivity contribution is 7.09. The first-order valence-electron chi connectivity index (χ1n) is 7.68. The number of thiazole rings is 1. The monoisotopic (exact) mass is 316 g/mol. The molecule has 3 rings (SSSR count). The van der Waals surface area contributed by atoms with E-state index in [1.165, 1.54) is 5.01 Å². The highest BCUT2D eigenvalue weighted by Gasteiger charge is 2.24. The number of ether oxygens (including phenoxy) is 1. The number of nitrogens with zero attached hydrogens (tertiary/aromatic N) is 2. The summed E-state index contributed by atoms with van der Waals surface area (Å²) in [5.74, 6) is 1.52. The molecule has 0 radical (unpaired) electrons. The summed E-state index contributed by atoms with van der Waals surface area (Å²) >= 11 is 1.72. The molecular weight excluding hydrogens is 296 g/mol. The molecule has 1 aromatic carbocycles. The first kappa shape index (κ1) is 15.0. The van der Waals surface area contributed by atoms with Crippen LogP contribution in [-0.4, -0.2) is 35.5 Å². The lowest BCUT2D eigenvalue weighted by Gasteiger charge is -2.31. The molecule has 1 aromatic heterocycles. The van der Waals surface area contributed by atoms with Gasteiger partial charge in [0.25, 0.3) is 0 Å². The molecule has 5 heteroatoms. The van der Waals surface area contributed by atoms with Crippen LogP contribution in [0.4, 0.5) is 0 Å². The van der Waals surface area contributed by atoms with E-state index in [0.717, 1.165) is 31.7 Å².